The lowest BCUT2D eigenvalue weighted by molar-refractivity contribution is -0.114. The van der Waals surface area contributed by atoms with E-state index in [2.05, 4.69) is 5.18 Å². The van der Waals surface area contributed by atoms with Gasteiger partial charge in [0.25, 0.3) is 0 Å². The van der Waals surface area contributed by atoms with Gasteiger partial charge in [-0.1, -0.05) is 30.4 Å². The summed E-state index contributed by atoms with van der Waals surface area (Å²) < 4.78 is 12.8. The third kappa shape index (κ3) is 2.21. The first-order valence-corrected chi connectivity index (χ1v) is 8.26. The molecule has 0 N–H and O–H groups in total. The van der Waals surface area contributed by atoms with Crippen molar-refractivity contribution < 1.29 is 9.00 Å². The average Bonchev–Trinajstić information content (AvgIpc) is 2.59. The first kappa shape index (κ1) is 14.0. The van der Waals surface area contributed by atoms with Crippen molar-refractivity contribution in [1.82, 2.24) is 0 Å². The summed E-state index contributed by atoms with van der Waals surface area (Å²) in [7, 11) is -1.21. The summed E-state index contributed by atoms with van der Waals surface area (Å²) in [5.41, 5.74) is 2.26. The number of nitroso groups, excluding NO2 is 1. The molecule has 1 unspecified atom stereocenters. The van der Waals surface area contributed by atoms with E-state index in [0.717, 1.165) is 31.4 Å². The van der Waals surface area contributed by atoms with Crippen molar-refractivity contribution in [2.45, 2.75) is 16.2 Å². The van der Waals surface area contributed by atoms with Crippen molar-refractivity contribution in [3.8, 4) is 0 Å². The highest BCUT2D eigenvalue weighted by Gasteiger charge is 2.20. The number of benzene rings is 2. The van der Waals surface area contributed by atoms with Gasteiger partial charge < -0.3 is 0 Å². The highest BCUT2D eigenvalue weighted by molar-refractivity contribution is 7.85. The van der Waals surface area contributed by atoms with Gasteiger partial charge in [-0.3, -0.25) is 4.79 Å². The van der Waals surface area contributed by atoms with E-state index in [-0.39, 0.29) is 0 Å². The summed E-state index contributed by atoms with van der Waals surface area (Å²) in [6.07, 6.45) is 5.76. The number of nitrogens with zero attached hydrogens (tertiary/aromatic N) is 1. The largest absolute Gasteiger partial charge is 0.313 e. The molecule has 1 aliphatic carbocycles. The molecule has 2 aliphatic rings. The van der Waals surface area contributed by atoms with E-state index in [9.17, 15) is 13.9 Å². The topological polar surface area (TPSA) is 63.6 Å². The van der Waals surface area contributed by atoms with Crippen LogP contribution in [0.25, 0.3) is 12.2 Å². The molecule has 4 rings (SSSR count). The van der Waals surface area contributed by atoms with Gasteiger partial charge >= 0.3 is 5.91 Å². The Balaban J connectivity index is 1.92. The third-order valence-electron chi connectivity index (χ3n) is 4.10. The van der Waals surface area contributed by atoms with E-state index < -0.39 is 16.7 Å². The quantitative estimate of drug-likeness (QED) is 0.639. The number of carbonyl (C=O) groups excluding carboxylic acids is 1. The van der Waals surface area contributed by atoms with Crippen LogP contribution in [0.3, 0.4) is 0 Å². The van der Waals surface area contributed by atoms with Crippen molar-refractivity contribution in [3.63, 3.8) is 0 Å². The summed E-state index contributed by atoms with van der Waals surface area (Å²) in [5.74, 6) is -0.734. The van der Waals surface area contributed by atoms with E-state index in [0.29, 0.717) is 12.0 Å². The molecule has 0 bridgehead atoms. The molecule has 2 aromatic rings. The number of hydrogen-bond acceptors (Lipinski definition) is 3. The Morgan fingerprint density at radius 1 is 1.04 bits per heavy atom. The molecule has 0 aromatic heterocycles. The lowest BCUT2D eigenvalue weighted by Crippen LogP contribution is -2.25. The fourth-order valence-electron chi connectivity index (χ4n) is 2.96. The van der Waals surface area contributed by atoms with Crippen LogP contribution in [0.1, 0.15) is 11.1 Å². The summed E-state index contributed by atoms with van der Waals surface area (Å²) in [6, 6.07) is 11.5. The molecule has 1 heterocycles. The number of fused-ring (bicyclic) bond motifs is 3. The van der Waals surface area contributed by atoms with Crippen LogP contribution >= 0.6 is 0 Å². The molecule has 23 heavy (non-hydrogen) atoms. The van der Waals surface area contributed by atoms with Gasteiger partial charge in [-0.15, -0.1) is 4.91 Å². The van der Waals surface area contributed by atoms with Crippen LogP contribution in [0.15, 0.2) is 63.0 Å². The molecule has 4 nitrogen and oxygen atoms in total. The Morgan fingerprint density at radius 3 is 2.70 bits per heavy atom. The van der Waals surface area contributed by atoms with Crippen LogP contribution in [-0.4, -0.2) is 10.1 Å². The minimum atomic E-state index is -1.21. The Morgan fingerprint density at radius 2 is 1.87 bits per heavy atom. The van der Waals surface area contributed by atoms with Crippen LogP contribution in [0.4, 0.5) is 0 Å². The zero-order valence-corrected chi connectivity index (χ0v) is 12.8. The van der Waals surface area contributed by atoms with Crippen molar-refractivity contribution in [3.05, 3.63) is 74.5 Å². The minimum Gasteiger partial charge on any atom is -0.264 e. The molecule has 0 spiro atoms. The van der Waals surface area contributed by atoms with Crippen LogP contribution in [0.2, 0.25) is 0 Å². The fourth-order valence-corrected chi connectivity index (χ4v) is 4.30. The molecule has 0 radical (unpaired) electrons. The zero-order chi connectivity index (χ0) is 16.0. The maximum atomic E-state index is 12.8. The number of rotatable bonds is 1. The summed E-state index contributed by atoms with van der Waals surface area (Å²) in [5, 5.41) is 4.29. The lowest BCUT2D eigenvalue weighted by Gasteiger charge is -2.16. The van der Waals surface area contributed by atoms with Gasteiger partial charge in [0.2, 0.25) is 0 Å². The molecule has 0 fully saturated rings. The van der Waals surface area contributed by atoms with E-state index in [4.69, 9.17) is 0 Å². The van der Waals surface area contributed by atoms with Crippen molar-refractivity contribution in [1.29, 1.82) is 0 Å². The maximum Gasteiger partial charge on any atom is 0.313 e. The van der Waals surface area contributed by atoms with Gasteiger partial charge in [-0.2, -0.15) is 0 Å². The monoisotopic (exact) mass is 321 g/mol. The van der Waals surface area contributed by atoms with Crippen molar-refractivity contribution in [2.24, 2.45) is 5.18 Å². The van der Waals surface area contributed by atoms with E-state index in [1.54, 1.807) is 12.2 Å². The number of hydrogen-bond donors (Lipinski definition) is 0. The molecular formula is C18H11NO3S. The second-order valence-corrected chi connectivity index (χ2v) is 6.89. The first-order valence-electron chi connectivity index (χ1n) is 7.11. The highest BCUT2D eigenvalue weighted by Crippen LogP contribution is 2.23. The third-order valence-corrected chi connectivity index (χ3v) is 5.63. The molecule has 2 aromatic carbocycles. The molecular weight excluding hydrogens is 310 g/mol. The molecule has 0 saturated heterocycles. The first-order chi connectivity index (χ1) is 11.2. The number of allylic oxidation sites excluding steroid dienone is 1. The second kappa shape index (κ2) is 5.21. The van der Waals surface area contributed by atoms with E-state index in [1.165, 1.54) is 0 Å². The Kier molecular flexibility index (Phi) is 3.16. The maximum absolute atomic E-state index is 12.8. The average molecular weight is 321 g/mol. The zero-order valence-electron chi connectivity index (χ0n) is 12.0. The van der Waals surface area contributed by atoms with Gasteiger partial charge in [0.15, 0.2) is 0 Å². The molecule has 0 saturated carbocycles. The van der Waals surface area contributed by atoms with Gasteiger partial charge in [0.1, 0.15) is 0 Å². The van der Waals surface area contributed by atoms with Gasteiger partial charge in [0.05, 0.1) is 20.6 Å². The van der Waals surface area contributed by atoms with Crippen LogP contribution in [-0.2, 0) is 22.0 Å². The summed E-state index contributed by atoms with van der Waals surface area (Å²) >= 11 is 0. The van der Waals surface area contributed by atoms with Crippen LogP contribution in [0.5, 0.6) is 0 Å². The summed E-state index contributed by atoms with van der Waals surface area (Å²) in [6.45, 7) is 0. The fraction of sp³-hybridized carbons (Fsp3) is 0.0556. The van der Waals surface area contributed by atoms with Gasteiger partial charge in [0, 0.05) is 17.2 Å². The standard InChI is InChI=1S/C18H11NO3S/c20-18(19-21)13-6-5-11-10-17-15(9-14(11)8-13)7-12-3-1-2-4-16(12)23(17)22/h1-7,9-10H,8H2. The molecule has 112 valence electrons. The van der Waals surface area contributed by atoms with Crippen molar-refractivity contribution in [2.75, 3.05) is 0 Å². The Labute approximate surface area is 134 Å². The van der Waals surface area contributed by atoms with Gasteiger partial charge in [-0.25, -0.2) is 4.21 Å². The normalized spacial score (nSPS) is 17.6. The molecule has 5 heteroatoms. The predicted octanol–water partition coefficient (Wildman–Crippen LogP) is 1.55. The van der Waals surface area contributed by atoms with E-state index >= 15 is 0 Å². The van der Waals surface area contributed by atoms with Gasteiger partial charge in [-0.05, 0) is 45.8 Å². The predicted molar refractivity (Wildman–Crippen MR) is 87.4 cm³/mol. The Bertz CT molecular complexity index is 1050. The van der Waals surface area contributed by atoms with E-state index in [1.807, 2.05) is 42.5 Å². The van der Waals surface area contributed by atoms with Crippen LogP contribution in [0, 0.1) is 4.91 Å². The SMILES string of the molecule is O=NC(=O)C1=CC=c2cc3c(cc2C1)=Cc1ccccc1S3=O. The smallest absolute Gasteiger partial charge is 0.264 e. The molecule has 1 amide bonds. The van der Waals surface area contributed by atoms with Crippen molar-refractivity contribution >= 4 is 28.9 Å². The summed E-state index contributed by atoms with van der Waals surface area (Å²) in [4.78, 5) is 23.5. The Hall–Kier alpha value is -2.66. The minimum absolute atomic E-state index is 0.367. The second-order valence-electron chi connectivity index (χ2n) is 5.47. The highest BCUT2D eigenvalue weighted by atomic mass is 32.2. The number of amides is 1. The van der Waals surface area contributed by atoms with Crippen LogP contribution < -0.4 is 10.4 Å². The molecule has 1 aliphatic heterocycles. The lowest BCUT2D eigenvalue weighted by atomic mass is 9.96. The number of carbonyl (C=O) groups is 1. The molecule has 1 atom stereocenters.